The topological polar surface area (TPSA) is 47.0 Å². The number of hydrogen-bond acceptors (Lipinski definition) is 4. The van der Waals surface area contributed by atoms with E-state index >= 15 is 0 Å². The molecule has 1 aromatic heterocycles. The zero-order chi connectivity index (χ0) is 14.0. The van der Waals surface area contributed by atoms with Gasteiger partial charge < -0.3 is 10.1 Å². The van der Waals surface area contributed by atoms with Crippen LogP contribution in [0.15, 0.2) is 18.2 Å². The summed E-state index contributed by atoms with van der Waals surface area (Å²) in [6.07, 6.45) is 0. The van der Waals surface area contributed by atoms with E-state index in [4.69, 9.17) is 16.3 Å². The molecule has 0 saturated heterocycles. The Labute approximate surface area is 117 Å². The Morgan fingerprint density at radius 1 is 1.11 bits per heavy atom. The average molecular weight is 278 g/mol. The lowest BCUT2D eigenvalue weighted by molar-refractivity contribution is 0.412. The highest BCUT2D eigenvalue weighted by molar-refractivity contribution is 6.31. The minimum Gasteiger partial charge on any atom is -0.496 e. The minimum absolute atomic E-state index is 0.372. The van der Waals surface area contributed by atoms with Crippen molar-refractivity contribution in [2.45, 2.75) is 20.8 Å². The predicted molar refractivity (Wildman–Crippen MR) is 77.5 cm³/mol. The molecule has 0 unspecified atom stereocenters. The van der Waals surface area contributed by atoms with Gasteiger partial charge in [0.1, 0.15) is 5.75 Å². The molecule has 4 nitrogen and oxygen atoms in total. The largest absolute Gasteiger partial charge is 0.496 e. The highest BCUT2D eigenvalue weighted by atomic mass is 35.5. The van der Waals surface area contributed by atoms with Crippen molar-refractivity contribution in [3.63, 3.8) is 0 Å². The lowest BCUT2D eigenvalue weighted by atomic mass is 10.2. The molecular formula is C14H16ClN3O. The molecule has 19 heavy (non-hydrogen) atoms. The number of benzene rings is 1. The van der Waals surface area contributed by atoms with Crippen LogP contribution in [0, 0.1) is 20.8 Å². The molecule has 100 valence electrons. The fraction of sp³-hybridized carbons (Fsp3) is 0.286. The number of nitrogens with one attached hydrogen (secondary N) is 1. The minimum atomic E-state index is 0.372. The van der Waals surface area contributed by atoms with E-state index in [0.29, 0.717) is 11.0 Å². The van der Waals surface area contributed by atoms with E-state index < -0.39 is 0 Å². The zero-order valence-electron chi connectivity index (χ0n) is 11.4. The van der Waals surface area contributed by atoms with Gasteiger partial charge in [-0.1, -0.05) is 11.6 Å². The number of anilines is 2. The van der Waals surface area contributed by atoms with E-state index in [1.165, 1.54) is 0 Å². The maximum Gasteiger partial charge on any atom is 0.172 e. The molecule has 1 N–H and O–H groups in total. The Kier molecular flexibility index (Phi) is 3.90. The molecule has 0 amide bonds. The standard InChI is InChI=1S/C14H16ClN3O/c1-8-7-11(5-6-12(8)19-4)18-14-13(15)16-9(2)10(3)17-14/h5-7H,1-4H3,(H,17,18). The van der Waals surface area contributed by atoms with Gasteiger partial charge in [0.25, 0.3) is 0 Å². The Hall–Kier alpha value is -1.81. The summed E-state index contributed by atoms with van der Waals surface area (Å²) < 4.78 is 5.23. The molecular weight excluding hydrogens is 262 g/mol. The first kappa shape index (κ1) is 13.6. The Morgan fingerprint density at radius 2 is 1.79 bits per heavy atom. The van der Waals surface area contributed by atoms with Crippen molar-refractivity contribution in [2.75, 3.05) is 12.4 Å². The molecule has 0 aliphatic heterocycles. The highest BCUT2D eigenvalue weighted by Gasteiger charge is 2.08. The second-order valence-corrected chi connectivity index (χ2v) is 4.70. The van der Waals surface area contributed by atoms with Gasteiger partial charge >= 0.3 is 0 Å². The smallest absolute Gasteiger partial charge is 0.172 e. The Bertz CT molecular complexity index is 614. The number of rotatable bonds is 3. The van der Waals surface area contributed by atoms with Gasteiger partial charge in [-0.2, -0.15) is 0 Å². The van der Waals surface area contributed by atoms with Gasteiger partial charge in [0.05, 0.1) is 18.5 Å². The Morgan fingerprint density at radius 3 is 2.42 bits per heavy atom. The van der Waals surface area contributed by atoms with Crippen LogP contribution in [-0.2, 0) is 0 Å². The van der Waals surface area contributed by atoms with Gasteiger partial charge in [-0.3, -0.25) is 0 Å². The third kappa shape index (κ3) is 2.96. The van der Waals surface area contributed by atoms with Crippen LogP contribution < -0.4 is 10.1 Å². The first-order valence-corrected chi connectivity index (χ1v) is 6.31. The second-order valence-electron chi connectivity index (χ2n) is 4.34. The van der Waals surface area contributed by atoms with E-state index in [0.717, 1.165) is 28.4 Å². The molecule has 5 heteroatoms. The fourth-order valence-corrected chi connectivity index (χ4v) is 1.96. The first-order chi connectivity index (χ1) is 9.01. The summed E-state index contributed by atoms with van der Waals surface area (Å²) in [5, 5.41) is 3.54. The molecule has 0 spiro atoms. The summed E-state index contributed by atoms with van der Waals surface area (Å²) in [4.78, 5) is 8.64. The van der Waals surface area contributed by atoms with Crippen LogP contribution in [0.25, 0.3) is 0 Å². The fourth-order valence-electron chi connectivity index (χ4n) is 1.75. The van der Waals surface area contributed by atoms with E-state index in [1.54, 1.807) is 7.11 Å². The number of aromatic nitrogens is 2. The van der Waals surface area contributed by atoms with Crippen molar-refractivity contribution >= 4 is 23.1 Å². The van der Waals surface area contributed by atoms with Crippen LogP contribution in [0.2, 0.25) is 5.15 Å². The number of hydrogen-bond donors (Lipinski definition) is 1. The summed E-state index contributed by atoms with van der Waals surface area (Å²) in [6, 6.07) is 5.80. The van der Waals surface area contributed by atoms with Gasteiger partial charge in [0.2, 0.25) is 0 Å². The van der Waals surface area contributed by atoms with E-state index in [2.05, 4.69) is 15.3 Å². The van der Waals surface area contributed by atoms with Gasteiger partial charge in [0, 0.05) is 5.69 Å². The SMILES string of the molecule is COc1ccc(Nc2nc(C)c(C)nc2Cl)cc1C. The van der Waals surface area contributed by atoms with Gasteiger partial charge in [-0.15, -0.1) is 0 Å². The van der Waals surface area contributed by atoms with Crippen molar-refractivity contribution in [1.82, 2.24) is 9.97 Å². The normalized spacial score (nSPS) is 10.4. The maximum atomic E-state index is 6.09. The van der Waals surface area contributed by atoms with Crippen molar-refractivity contribution in [2.24, 2.45) is 0 Å². The van der Waals surface area contributed by atoms with Crippen molar-refractivity contribution in [3.05, 3.63) is 40.3 Å². The summed E-state index contributed by atoms with van der Waals surface area (Å²) in [7, 11) is 1.65. The van der Waals surface area contributed by atoms with Crippen LogP contribution in [-0.4, -0.2) is 17.1 Å². The lowest BCUT2D eigenvalue weighted by Crippen LogP contribution is -2.01. The molecule has 0 saturated carbocycles. The lowest BCUT2D eigenvalue weighted by Gasteiger charge is -2.11. The van der Waals surface area contributed by atoms with Crippen LogP contribution in [0.5, 0.6) is 5.75 Å². The summed E-state index contributed by atoms with van der Waals surface area (Å²) in [5.74, 6) is 1.41. The van der Waals surface area contributed by atoms with E-state index in [1.807, 2.05) is 39.0 Å². The van der Waals surface area contributed by atoms with Crippen LogP contribution >= 0.6 is 11.6 Å². The summed E-state index contributed by atoms with van der Waals surface area (Å²) in [6.45, 7) is 5.77. The number of aryl methyl sites for hydroxylation is 3. The van der Waals surface area contributed by atoms with Crippen molar-refractivity contribution in [3.8, 4) is 5.75 Å². The monoisotopic (exact) mass is 277 g/mol. The van der Waals surface area contributed by atoms with Gasteiger partial charge in [-0.05, 0) is 44.5 Å². The third-order valence-electron chi connectivity index (χ3n) is 2.92. The molecule has 0 radical (unpaired) electrons. The number of ether oxygens (including phenoxy) is 1. The van der Waals surface area contributed by atoms with Crippen LogP contribution in [0.3, 0.4) is 0 Å². The van der Waals surface area contributed by atoms with Gasteiger partial charge in [-0.25, -0.2) is 9.97 Å². The zero-order valence-corrected chi connectivity index (χ0v) is 12.2. The van der Waals surface area contributed by atoms with Crippen LogP contribution in [0.4, 0.5) is 11.5 Å². The number of methoxy groups -OCH3 is 1. The molecule has 2 rings (SSSR count). The highest BCUT2D eigenvalue weighted by Crippen LogP contribution is 2.26. The number of halogens is 1. The Balaban J connectivity index is 2.31. The van der Waals surface area contributed by atoms with Crippen molar-refractivity contribution in [1.29, 1.82) is 0 Å². The molecule has 0 aliphatic rings. The maximum absolute atomic E-state index is 6.09. The van der Waals surface area contributed by atoms with Crippen LogP contribution in [0.1, 0.15) is 17.0 Å². The summed E-state index contributed by atoms with van der Waals surface area (Å²) >= 11 is 6.09. The predicted octanol–water partition coefficient (Wildman–Crippen LogP) is 3.81. The molecule has 1 heterocycles. The molecule has 1 aromatic carbocycles. The summed E-state index contributed by atoms with van der Waals surface area (Å²) in [5.41, 5.74) is 3.64. The third-order valence-corrected chi connectivity index (χ3v) is 3.19. The molecule has 0 bridgehead atoms. The first-order valence-electron chi connectivity index (χ1n) is 5.93. The molecule has 0 aliphatic carbocycles. The average Bonchev–Trinajstić information content (AvgIpc) is 2.36. The van der Waals surface area contributed by atoms with Gasteiger partial charge in [0.15, 0.2) is 11.0 Å². The second kappa shape index (κ2) is 5.45. The molecule has 0 atom stereocenters. The van der Waals surface area contributed by atoms with E-state index in [9.17, 15) is 0 Å². The van der Waals surface area contributed by atoms with Crippen molar-refractivity contribution < 1.29 is 4.74 Å². The van der Waals surface area contributed by atoms with E-state index in [-0.39, 0.29) is 0 Å². The molecule has 0 fully saturated rings. The molecule has 2 aromatic rings. The number of nitrogens with zero attached hydrogens (tertiary/aromatic N) is 2. The quantitative estimate of drug-likeness (QED) is 0.927.